The van der Waals surface area contributed by atoms with E-state index < -0.39 is 0 Å². The van der Waals surface area contributed by atoms with E-state index in [1.807, 2.05) is 12.1 Å². The van der Waals surface area contributed by atoms with E-state index in [9.17, 15) is 9.59 Å². The number of aromatic nitrogens is 2. The van der Waals surface area contributed by atoms with Gasteiger partial charge in [-0.2, -0.15) is 0 Å². The maximum Gasteiger partial charge on any atom is 0.265 e. The minimum Gasteiger partial charge on any atom is -0.468 e. The maximum absolute atomic E-state index is 12.7. The van der Waals surface area contributed by atoms with Gasteiger partial charge in [-0.1, -0.05) is 13.3 Å². The molecule has 0 aliphatic heterocycles. The molecule has 8 nitrogen and oxygen atoms in total. The van der Waals surface area contributed by atoms with Crippen LogP contribution in [0.5, 0.6) is 0 Å². The quantitative estimate of drug-likeness (QED) is 0.607. The number of amides is 1. The summed E-state index contributed by atoms with van der Waals surface area (Å²) in [5, 5.41) is 3.12. The number of nitrogens with zero attached hydrogens (tertiary/aromatic N) is 3. The van der Waals surface area contributed by atoms with Crippen molar-refractivity contribution in [2.75, 3.05) is 19.6 Å². The lowest BCUT2D eigenvalue weighted by molar-refractivity contribution is 0.0947. The van der Waals surface area contributed by atoms with E-state index >= 15 is 0 Å². The lowest BCUT2D eigenvalue weighted by Crippen LogP contribution is -2.35. The third-order valence-electron chi connectivity index (χ3n) is 4.68. The molecule has 3 aromatic rings. The van der Waals surface area contributed by atoms with Gasteiger partial charge in [-0.15, -0.1) is 0 Å². The summed E-state index contributed by atoms with van der Waals surface area (Å²) in [4.78, 5) is 31.5. The molecule has 0 atom stereocenters. The normalized spacial score (nSPS) is 11.4. The Morgan fingerprint density at radius 3 is 2.89 bits per heavy atom. The highest BCUT2D eigenvalue weighted by Crippen LogP contribution is 2.20. The van der Waals surface area contributed by atoms with Crippen LogP contribution in [-0.4, -0.2) is 40.0 Å². The van der Waals surface area contributed by atoms with Crippen molar-refractivity contribution >= 4 is 17.0 Å². The minimum atomic E-state index is -0.324. The van der Waals surface area contributed by atoms with E-state index in [-0.39, 0.29) is 28.1 Å². The molecule has 0 saturated heterocycles. The first-order valence-corrected chi connectivity index (χ1v) is 9.49. The number of rotatable bonds is 9. The van der Waals surface area contributed by atoms with Crippen LogP contribution >= 0.6 is 0 Å². The number of nitrogens with one attached hydrogen (secondary N) is 1. The van der Waals surface area contributed by atoms with E-state index in [2.05, 4.69) is 22.1 Å². The summed E-state index contributed by atoms with van der Waals surface area (Å²) < 4.78 is 12.3. The zero-order valence-corrected chi connectivity index (χ0v) is 16.5. The summed E-state index contributed by atoms with van der Waals surface area (Å²) in [5.41, 5.74) is 0.150. The average molecular weight is 386 g/mol. The van der Waals surface area contributed by atoms with Gasteiger partial charge in [-0.05, 0) is 32.0 Å². The van der Waals surface area contributed by atoms with Crippen LogP contribution in [0, 0.1) is 6.92 Å². The van der Waals surface area contributed by atoms with Gasteiger partial charge in [-0.25, -0.2) is 4.98 Å². The Morgan fingerprint density at radius 1 is 1.36 bits per heavy atom. The molecule has 0 aromatic carbocycles. The summed E-state index contributed by atoms with van der Waals surface area (Å²) in [5.74, 6) is 0.963. The van der Waals surface area contributed by atoms with Crippen molar-refractivity contribution in [1.29, 1.82) is 0 Å². The zero-order valence-electron chi connectivity index (χ0n) is 16.5. The Kier molecular flexibility index (Phi) is 6.30. The fourth-order valence-corrected chi connectivity index (χ4v) is 3.15. The summed E-state index contributed by atoms with van der Waals surface area (Å²) in [6.07, 6.45) is 5.21. The standard InChI is InChI=1S/C20H26N4O4/c1-4-5-9-24(12-15-7-6-11-27-15)10-8-21-18(25)16-14(2)28-19-17(16)20(26)23(3)13-22-19/h6-7,11,13H,4-5,8-10,12H2,1-3H3,(H,21,25). The Hall–Kier alpha value is -2.87. The van der Waals surface area contributed by atoms with Crippen molar-refractivity contribution in [2.24, 2.45) is 7.05 Å². The van der Waals surface area contributed by atoms with Gasteiger partial charge in [0.2, 0.25) is 5.71 Å². The Bertz CT molecular complexity index is 988. The molecule has 3 heterocycles. The Labute approximate surface area is 163 Å². The van der Waals surface area contributed by atoms with Crippen LogP contribution < -0.4 is 10.9 Å². The number of furan rings is 2. The molecule has 28 heavy (non-hydrogen) atoms. The lowest BCUT2D eigenvalue weighted by atomic mass is 10.2. The number of hydrogen-bond acceptors (Lipinski definition) is 6. The molecule has 1 amide bonds. The summed E-state index contributed by atoms with van der Waals surface area (Å²) in [6, 6.07) is 3.82. The molecule has 0 aliphatic rings. The predicted octanol–water partition coefficient (Wildman–Crippen LogP) is 2.46. The van der Waals surface area contributed by atoms with Crippen LogP contribution in [0.4, 0.5) is 0 Å². The van der Waals surface area contributed by atoms with E-state index in [0.717, 1.165) is 25.1 Å². The topological polar surface area (TPSA) is 93.5 Å². The molecular formula is C20H26N4O4. The molecule has 0 saturated carbocycles. The first kappa shape index (κ1) is 19.9. The second kappa shape index (κ2) is 8.88. The third kappa shape index (κ3) is 4.33. The number of unbranched alkanes of at least 4 members (excludes halogenated alkanes) is 1. The predicted molar refractivity (Wildman–Crippen MR) is 105 cm³/mol. The first-order valence-electron chi connectivity index (χ1n) is 9.49. The molecule has 0 spiro atoms. The van der Waals surface area contributed by atoms with Crippen LogP contribution in [0.1, 0.15) is 41.6 Å². The second-order valence-electron chi connectivity index (χ2n) is 6.84. The van der Waals surface area contributed by atoms with Crippen molar-refractivity contribution in [3.05, 3.63) is 52.2 Å². The number of aryl methyl sites for hydroxylation is 2. The van der Waals surface area contributed by atoms with Crippen LogP contribution in [0.15, 0.2) is 38.4 Å². The molecule has 0 bridgehead atoms. The first-order chi connectivity index (χ1) is 13.5. The van der Waals surface area contributed by atoms with Crippen molar-refractivity contribution in [3.8, 4) is 0 Å². The minimum absolute atomic E-state index is 0.188. The van der Waals surface area contributed by atoms with Crippen LogP contribution in [0.2, 0.25) is 0 Å². The summed E-state index contributed by atoms with van der Waals surface area (Å²) in [7, 11) is 1.60. The van der Waals surface area contributed by atoms with Gasteiger partial charge >= 0.3 is 0 Å². The summed E-state index contributed by atoms with van der Waals surface area (Å²) >= 11 is 0. The maximum atomic E-state index is 12.7. The van der Waals surface area contributed by atoms with Crippen molar-refractivity contribution in [2.45, 2.75) is 33.2 Å². The molecule has 8 heteroatoms. The van der Waals surface area contributed by atoms with Crippen molar-refractivity contribution in [3.63, 3.8) is 0 Å². The zero-order chi connectivity index (χ0) is 20.1. The van der Waals surface area contributed by atoms with Gasteiger partial charge in [0, 0.05) is 20.1 Å². The molecule has 1 N–H and O–H groups in total. The molecule has 3 rings (SSSR count). The van der Waals surface area contributed by atoms with E-state index in [0.29, 0.717) is 25.4 Å². The molecular weight excluding hydrogens is 360 g/mol. The second-order valence-corrected chi connectivity index (χ2v) is 6.84. The highest BCUT2D eigenvalue weighted by atomic mass is 16.3. The van der Waals surface area contributed by atoms with Gasteiger partial charge < -0.3 is 18.7 Å². The van der Waals surface area contributed by atoms with E-state index in [4.69, 9.17) is 8.83 Å². The molecule has 0 unspecified atom stereocenters. The summed E-state index contributed by atoms with van der Waals surface area (Å²) in [6.45, 7) is 6.56. The van der Waals surface area contributed by atoms with Crippen LogP contribution in [0.3, 0.4) is 0 Å². The van der Waals surface area contributed by atoms with Crippen molar-refractivity contribution in [1.82, 2.24) is 19.8 Å². The lowest BCUT2D eigenvalue weighted by Gasteiger charge is -2.21. The molecule has 150 valence electrons. The highest BCUT2D eigenvalue weighted by molar-refractivity contribution is 6.06. The monoisotopic (exact) mass is 386 g/mol. The highest BCUT2D eigenvalue weighted by Gasteiger charge is 2.22. The smallest absolute Gasteiger partial charge is 0.265 e. The van der Waals surface area contributed by atoms with E-state index in [1.54, 1.807) is 20.2 Å². The van der Waals surface area contributed by atoms with Gasteiger partial charge in [-0.3, -0.25) is 14.5 Å². The van der Waals surface area contributed by atoms with Crippen LogP contribution in [-0.2, 0) is 13.6 Å². The van der Waals surface area contributed by atoms with Crippen LogP contribution in [0.25, 0.3) is 11.1 Å². The molecule has 0 radical (unpaired) electrons. The molecule has 3 aromatic heterocycles. The van der Waals surface area contributed by atoms with E-state index in [1.165, 1.54) is 10.9 Å². The molecule has 0 fully saturated rings. The largest absolute Gasteiger partial charge is 0.468 e. The number of carbonyl (C=O) groups is 1. The Morgan fingerprint density at radius 2 is 2.18 bits per heavy atom. The third-order valence-corrected chi connectivity index (χ3v) is 4.68. The van der Waals surface area contributed by atoms with Gasteiger partial charge in [0.15, 0.2) is 0 Å². The Balaban J connectivity index is 1.67. The number of hydrogen-bond donors (Lipinski definition) is 1. The van der Waals surface area contributed by atoms with Crippen molar-refractivity contribution < 1.29 is 13.6 Å². The molecule has 0 aliphatic carbocycles. The average Bonchev–Trinajstić information content (AvgIpc) is 3.29. The van der Waals surface area contributed by atoms with Gasteiger partial charge in [0.05, 0.1) is 18.4 Å². The van der Waals surface area contributed by atoms with Gasteiger partial charge in [0.25, 0.3) is 11.5 Å². The van der Waals surface area contributed by atoms with Gasteiger partial charge in [0.1, 0.15) is 23.2 Å². The number of fused-ring (bicyclic) bond motifs is 1. The SMILES string of the molecule is CCCCN(CCNC(=O)c1c(C)oc2ncn(C)c(=O)c12)Cc1ccco1. The fraction of sp³-hybridized carbons (Fsp3) is 0.450. The fourth-order valence-electron chi connectivity index (χ4n) is 3.15. The number of carbonyl (C=O) groups excluding carboxylic acids is 1.